The number of hydrogen-bond acceptors (Lipinski definition) is 1. The first kappa shape index (κ1) is 16.2. The maximum Gasteiger partial charge on any atom is 0.0384 e. The Balaban J connectivity index is 1.93. The molecule has 1 atom stereocenters. The van der Waals surface area contributed by atoms with Gasteiger partial charge in [-0.3, -0.25) is 0 Å². The predicted molar refractivity (Wildman–Crippen MR) is 103 cm³/mol. The summed E-state index contributed by atoms with van der Waals surface area (Å²) in [6.45, 7) is 0. The topological polar surface area (TPSA) is 3.24 Å². The molecule has 0 fully saturated rings. The van der Waals surface area contributed by atoms with E-state index in [1.807, 2.05) is 0 Å². The molecule has 2 aromatic carbocycles. The zero-order valence-electron chi connectivity index (χ0n) is 13.9. The highest BCUT2D eigenvalue weighted by atomic mass is 31.1. The molecule has 3 rings (SSSR count). The molecule has 0 spiro atoms. The lowest BCUT2D eigenvalue weighted by atomic mass is 10.1. The van der Waals surface area contributed by atoms with Crippen LogP contribution in [0.5, 0.6) is 0 Å². The highest BCUT2D eigenvalue weighted by Crippen LogP contribution is 2.37. The molecule has 0 N–H and O–H groups in total. The molecule has 0 radical (unpaired) electrons. The number of likely N-dealkylation sites (N-methyl/N-ethyl adjacent to an activating group) is 1. The van der Waals surface area contributed by atoms with Crippen molar-refractivity contribution in [2.24, 2.45) is 0 Å². The van der Waals surface area contributed by atoms with E-state index in [0.29, 0.717) is 6.04 Å². The first-order valence-corrected chi connectivity index (χ1v) is 9.69. The van der Waals surface area contributed by atoms with Gasteiger partial charge in [-0.05, 0) is 50.8 Å². The summed E-state index contributed by atoms with van der Waals surface area (Å²) in [7, 11) is 4.04. The molecule has 2 aromatic rings. The average molecular weight is 321 g/mol. The molecule has 0 saturated heterocycles. The Bertz CT molecular complexity index is 634. The van der Waals surface area contributed by atoms with Crippen molar-refractivity contribution in [2.75, 3.05) is 20.3 Å². The Morgan fingerprint density at radius 2 is 1.48 bits per heavy atom. The summed E-state index contributed by atoms with van der Waals surface area (Å²) < 4.78 is 0. The molecule has 118 valence electrons. The van der Waals surface area contributed by atoms with E-state index in [0.717, 1.165) is 12.6 Å². The van der Waals surface area contributed by atoms with E-state index in [4.69, 9.17) is 0 Å². The van der Waals surface area contributed by atoms with Gasteiger partial charge in [0, 0.05) is 6.04 Å². The van der Waals surface area contributed by atoms with Gasteiger partial charge in [0.1, 0.15) is 0 Å². The first-order valence-electron chi connectivity index (χ1n) is 8.16. The molecule has 2 heteroatoms. The number of allylic oxidation sites excluding steroid dienone is 2. The van der Waals surface area contributed by atoms with Crippen molar-refractivity contribution < 1.29 is 0 Å². The van der Waals surface area contributed by atoms with E-state index < -0.39 is 0 Å². The predicted octanol–water partition coefficient (Wildman–Crippen LogP) is 3.94. The van der Waals surface area contributed by atoms with E-state index >= 15 is 0 Å². The number of nitrogens with zero attached hydrogens (tertiary/aromatic N) is 1. The summed E-state index contributed by atoms with van der Waals surface area (Å²) in [4.78, 5) is 2.36. The second kappa shape index (κ2) is 7.73. The van der Waals surface area contributed by atoms with Gasteiger partial charge in [0.25, 0.3) is 0 Å². The molecule has 1 aliphatic carbocycles. The molecule has 1 nitrogen and oxygen atoms in total. The van der Waals surface area contributed by atoms with Gasteiger partial charge >= 0.3 is 0 Å². The van der Waals surface area contributed by atoms with Crippen LogP contribution in [0.3, 0.4) is 0 Å². The van der Waals surface area contributed by atoms with Gasteiger partial charge in [-0.25, -0.2) is 0 Å². The summed E-state index contributed by atoms with van der Waals surface area (Å²) in [5.41, 5.74) is 1.47. The lowest BCUT2D eigenvalue weighted by Crippen LogP contribution is -2.34. The number of benzene rings is 2. The summed E-state index contributed by atoms with van der Waals surface area (Å²) in [5, 5.41) is 2.92. The maximum absolute atomic E-state index is 2.37. The Morgan fingerprint density at radius 3 is 1.91 bits per heavy atom. The third-order valence-corrected chi connectivity index (χ3v) is 6.85. The maximum atomic E-state index is 2.37. The van der Waals surface area contributed by atoms with Crippen molar-refractivity contribution in [3.05, 3.63) is 84.5 Å². The molecular formula is C21H24NP. The van der Waals surface area contributed by atoms with Crippen LogP contribution in [0.2, 0.25) is 0 Å². The van der Waals surface area contributed by atoms with Gasteiger partial charge in [-0.1, -0.05) is 78.9 Å². The average Bonchev–Trinajstić information content (AvgIpc) is 3.11. The minimum absolute atomic E-state index is 0.355. The Kier molecular flexibility index (Phi) is 5.43. The third-order valence-electron chi connectivity index (χ3n) is 4.30. The monoisotopic (exact) mass is 321 g/mol. The smallest absolute Gasteiger partial charge is 0.0384 e. The van der Waals surface area contributed by atoms with Crippen molar-refractivity contribution in [3.8, 4) is 0 Å². The lowest BCUT2D eigenvalue weighted by Gasteiger charge is -2.30. The Hall–Kier alpha value is -1.69. The van der Waals surface area contributed by atoms with E-state index in [2.05, 4.69) is 97.9 Å². The molecule has 0 aromatic heterocycles. The summed E-state index contributed by atoms with van der Waals surface area (Å²) in [5.74, 6) is 0. The van der Waals surface area contributed by atoms with Crippen LogP contribution in [0.15, 0.2) is 84.5 Å². The third kappa shape index (κ3) is 3.99. The first-order chi connectivity index (χ1) is 11.3. The highest BCUT2D eigenvalue weighted by Gasteiger charge is 2.23. The van der Waals surface area contributed by atoms with Gasteiger partial charge in [0.15, 0.2) is 0 Å². The zero-order chi connectivity index (χ0) is 16.1. The molecular weight excluding hydrogens is 297 g/mol. The number of hydrogen-bond donors (Lipinski definition) is 0. The van der Waals surface area contributed by atoms with E-state index in [9.17, 15) is 0 Å². The molecule has 0 heterocycles. The minimum Gasteiger partial charge on any atom is -0.302 e. The fraction of sp³-hybridized carbons (Fsp3) is 0.238. The molecule has 23 heavy (non-hydrogen) atoms. The Morgan fingerprint density at radius 1 is 0.913 bits per heavy atom. The minimum atomic E-state index is -0.355. The molecule has 1 aliphatic rings. The van der Waals surface area contributed by atoms with Crippen LogP contribution in [0.4, 0.5) is 0 Å². The van der Waals surface area contributed by atoms with Gasteiger partial charge in [0.05, 0.1) is 0 Å². The zero-order valence-corrected chi connectivity index (χ0v) is 14.8. The fourth-order valence-electron chi connectivity index (χ4n) is 3.04. The van der Waals surface area contributed by atoms with Crippen LogP contribution in [0, 0.1) is 0 Å². The standard InChI is InChI=1S/C21H24NP/c1-22(2)21(18-11-9-10-12-18)17-23(19-13-5-3-6-14-19)20-15-7-4-8-16-20/h3-9,11-16,21H,10,17H2,1-2H3/t21-/m1/s1. The van der Waals surface area contributed by atoms with Crippen LogP contribution < -0.4 is 10.6 Å². The van der Waals surface area contributed by atoms with Crippen molar-refractivity contribution in [1.29, 1.82) is 0 Å². The van der Waals surface area contributed by atoms with Crippen LogP contribution in [0.25, 0.3) is 0 Å². The van der Waals surface area contributed by atoms with Gasteiger partial charge in [-0.2, -0.15) is 0 Å². The molecule has 0 amide bonds. The molecule has 0 aliphatic heterocycles. The SMILES string of the molecule is CN(C)[C@H](CP(c1ccccc1)c1ccccc1)C1=CCC=C1. The second-order valence-electron chi connectivity index (χ2n) is 6.10. The van der Waals surface area contributed by atoms with Crippen LogP contribution >= 0.6 is 7.92 Å². The molecule has 0 bridgehead atoms. The van der Waals surface area contributed by atoms with Crippen molar-refractivity contribution in [3.63, 3.8) is 0 Å². The quantitative estimate of drug-likeness (QED) is 0.729. The highest BCUT2D eigenvalue weighted by molar-refractivity contribution is 7.73. The summed E-state index contributed by atoms with van der Waals surface area (Å²) in [6, 6.07) is 22.4. The van der Waals surface area contributed by atoms with E-state index in [1.54, 1.807) is 0 Å². The largest absolute Gasteiger partial charge is 0.302 e. The number of rotatable bonds is 6. The van der Waals surface area contributed by atoms with Gasteiger partial charge < -0.3 is 4.90 Å². The van der Waals surface area contributed by atoms with Crippen LogP contribution in [0.1, 0.15) is 6.42 Å². The normalized spacial score (nSPS) is 15.2. The fourth-order valence-corrected chi connectivity index (χ4v) is 5.71. The van der Waals surface area contributed by atoms with Crippen molar-refractivity contribution in [2.45, 2.75) is 12.5 Å². The van der Waals surface area contributed by atoms with E-state index in [1.165, 1.54) is 16.2 Å². The lowest BCUT2D eigenvalue weighted by molar-refractivity contribution is 0.359. The van der Waals surface area contributed by atoms with E-state index in [-0.39, 0.29) is 7.92 Å². The summed E-state index contributed by atoms with van der Waals surface area (Å²) >= 11 is 0. The van der Waals surface area contributed by atoms with Crippen LogP contribution in [-0.4, -0.2) is 31.2 Å². The summed E-state index contributed by atoms with van der Waals surface area (Å²) in [6.07, 6.45) is 9.17. The van der Waals surface area contributed by atoms with Gasteiger partial charge in [0.2, 0.25) is 0 Å². The molecule has 0 unspecified atom stereocenters. The van der Waals surface area contributed by atoms with Crippen LogP contribution in [-0.2, 0) is 0 Å². The molecule has 0 saturated carbocycles. The Labute approximate surface area is 141 Å². The second-order valence-corrected chi connectivity index (χ2v) is 8.36. The van der Waals surface area contributed by atoms with Crippen molar-refractivity contribution in [1.82, 2.24) is 4.90 Å². The van der Waals surface area contributed by atoms with Crippen molar-refractivity contribution >= 4 is 18.5 Å². The van der Waals surface area contributed by atoms with Gasteiger partial charge in [-0.15, -0.1) is 0 Å².